The summed E-state index contributed by atoms with van der Waals surface area (Å²) >= 11 is 0. The second-order valence-corrected chi connectivity index (χ2v) is 7.85. The molecule has 0 atom stereocenters. The molecule has 1 aliphatic heterocycles. The third-order valence-corrected chi connectivity index (χ3v) is 5.58. The molecule has 1 aliphatic rings. The molecule has 1 fully saturated rings. The maximum Gasteiger partial charge on any atom is 0.301 e. The van der Waals surface area contributed by atoms with Gasteiger partial charge in [-0.15, -0.1) is 0 Å². The number of hydrogen-bond acceptors (Lipinski definition) is 5. The number of rotatable bonds is 5. The van der Waals surface area contributed by atoms with E-state index in [-0.39, 0.29) is 16.3 Å². The molecule has 0 spiro atoms. The van der Waals surface area contributed by atoms with Gasteiger partial charge in [0, 0.05) is 13.1 Å². The number of hydrogen-bond donors (Lipinski definition) is 2. The van der Waals surface area contributed by atoms with E-state index >= 15 is 0 Å². The smallest absolute Gasteiger partial charge is 0.301 e. The number of ether oxygens (including phenoxy) is 1. The lowest BCUT2D eigenvalue weighted by Crippen LogP contribution is -2.33. The monoisotopic (exact) mass is 335 g/mol. The summed E-state index contributed by atoms with van der Waals surface area (Å²) < 4.78 is 55.8. The van der Waals surface area contributed by atoms with Gasteiger partial charge in [0.1, 0.15) is 5.75 Å². The van der Waals surface area contributed by atoms with E-state index in [4.69, 9.17) is 9.88 Å². The van der Waals surface area contributed by atoms with E-state index in [0.29, 0.717) is 13.1 Å². The van der Waals surface area contributed by atoms with Gasteiger partial charge in [-0.2, -0.15) is 12.7 Å². The minimum absolute atomic E-state index is 0.0379. The van der Waals surface area contributed by atoms with Crippen molar-refractivity contribution >= 4 is 25.9 Å². The molecule has 0 amide bonds. The van der Waals surface area contributed by atoms with Gasteiger partial charge in [-0.05, 0) is 31.0 Å². The standard InChI is InChI=1S/C11H17N3O5S2/c1-19-11-5-4-9(20(12,15)16)8-10(11)13-21(17,18)14-6-2-3-7-14/h4-5,8,13H,2-3,6-7H2,1H3,(H2,12,15,16). The van der Waals surface area contributed by atoms with Crippen LogP contribution in [0.5, 0.6) is 5.75 Å². The van der Waals surface area contributed by atoms with Crippen molar-refractivity contribution in [2.24, 2.45) is 5.14 Å². The van der Waals surface area contributed by atoms with Gasteiger partial charge in [-0.3, -0.25) is 4.72 Å². The molecule has 0 aromatic heterocycles. The van der Waals surface area contributed by atoms with Gasteiger partial charge in [0.25, 0.3) is 0 Å². The topological polar surface area (TPSA) is 119 Å². The molecule has 2 rings (SSSR count). The first-order valence-corrected chi connectivity index (χ1v) is 9.21. The second kappa shape index (κ2) is 5.79. The van der Waals surface area contributed by atoms with E-state index in [1.54, 1.807) is 0 Å². The van der Waals surface area contributed by atoms with Gasteiger partial charge in [-0.25, -0.2) is 13.6 Å². The van der Waals surface area contributed by atoms with Crippen LogP contribution in [0, 0.1) is 0 Å². The second-order valence-electron chi connectivity index (χ2n) is 4.62. The zero-order valence-corrected chi connectivity index (χ0v) is 13.1. The highest BCUT2D eigenvalue weighted by molar-refractivity contribution is 7.90. The third kappa shape index (κ3) is 3.64. The molecule has 118 valence electrons. The van der Waals surface area contributed by atoms with Crippen LogP contribution in [0.2, 0.25) is 0 Å². The third-order valence-electron chi connectivity index (χ3n) is 3.14. The van der Waals surface area contributed by atoms with Crippen molar-refractivity contribution in [2.75, 3.05) is 24.9 Å². The molecule has 1 aromatic rings. The lowest BCUT2D eigenvalue weighted by molar-refractivity contribution is 0.416. The van der Waals surface area contributed by atoms with E-state index < -0.39 is 20.2 Å². The number of primary sulfonamides is 1. The predicted molar refractivity (Wildman–Crippen MR) is 77.7 cm³/mol. The first-order chi connectivity index (χ1) is 9.74. The normalized spacial score (nSPS) is 16.9. The van der Waals surface area contributed by atoms with Crippen LogP contribution in [0.25, 0.3) is 0 Å². The highest BCUT2D eigenvalue weighted by Crippen LogP contribution is 2.29. The van der Waals surface area contributed by atoms with Gasteiger partial charge in [0.15, 0.2) is 0 Å². The molecular weight excluding hydrogens is 318 g/mol. The average molecular weight is 335 g/mol. The summed E-state index contributed by atoms with van der Waals surface area (Å²) in [5.41, 5.74) is 0.0379. The Morgan fingerprint density at radius 1 is 1.19 bits per heavy atom. The molecule has 0 saturated carbocycles. The number of anilines is 1. The Morgan fingerprint density at radius 3 is 2.33 bits per heavy atom. The number of sulfonamides is 1. The molecule has 21 heavy (non-hydrogen) atoms. The van der Waals surface area contributed by atoms with Gasteiger partial charge < -0.3 is 4.74 Å². The summed E-state index contributed by atoms with van der Waals surface area (Å²) in [5.74, 6) is 0.213. The SMILES string of the molecule is COc1ccc(S(N)(=O)=O)cc1NS(=O)(=O)N1CCCC1. The van der Waals surface area contributed by atoms with Crippen LogP contribution in [0.15, 0.2) is 23.1 Å². The summed E-state index contributed by atoms with van der Waals surface area (Å²) in [6, 6.07) is 3.74. The first kappa shape index (κ1) is 16.0. The van der Waals surface area contributed by atoms with Gasteiger partial charge in [-0.1, -0.05) is 0 Å². The van der Waals surface area contributed by atoms with Crippen LogP contribution in [-0.4, -0.2) is 41.3 Å². The first-order valence-electron chi connectivity index (χ1n) is 6.23. The summed E-state index contributed by atoms with van der Waals surface area (Å²) in [6.07, 6.45) is 1.60. The number of nitrogens with zero attached hydrogens (tertiary/aromatic N) is 1. The van der Waals surface area contributed by atoms with Crippen LogP contribution in [0.3, 0.4) is 0 Å². The molecule has 0 bridgehead atoms. The minimum Gasteiger partial charge on any atom is -0.495 e. The Labute approximate surface area is 124 Å². The fraction of sp³-hybridized carbons (Fsp3) is 0.455. The average Bonchev–Trinajstić information content (AvgIpc) is 2.91. The summed E-state index contributed by atoms with van der Waals surface area (Å²) in [5, 5.41) is 5.05. The van der Waals surface area contributed by atoms with E-state index in [1.165, 1.54) is 23.5 Å². The lowest BCUT2D eigenvalue weighted by Gasteiger charge is -2.18. The number of nitrogens with two attached hydrogens (primary N) is 1. The van der Waals surface area contributed by atoms with E-state index in [0.717, 1.165) is 18.9 Å². The highest BCUT2D eigenvalue weighted by Gasteiger charge is 2.26. The summed E-state index contributed by atoms with van der Waals surface area (Å²) in [4.78, 5) is -0.192. The summed E-state index contributed by atoms with van der Waals surface area (Å²) in [6.45, 7) is 0.874. The quantitative estimate of drug-likeness (QED) is 0.791. The van der Waals surface area contributed by atoms with Gasteiger partial charge in [0.2, 0.25) is 10.0 Å². The molecule has 0 aliphatic carbocycles. The van der Waals surface area contributed by atoms with Crippen LogP contribution in [-0.2, 0) is 20.2 Å². The Bertz CT molecular complexity index is 724. The van der Waals surface area contributed by atoms with E-state index in [2.05, 4.69) is 4.72 Å². The molecular formula is C11H17N3O5S2. The minimum atomic E-state index is -3.93. The molecule has 1 saturated heterocycles. The van der Waals surface area contributed by atoms with Crippen molar-refractivity contribution < 1.29 is 21.6 Å². The van der Waals surface area contributed by atoms with Crippen molar-refractivity contribution in [3.05, 3.63) is 18.2 Å². The van der Waals surface area contributed by atoms with Crippen molar-refractivity contribution in [1.82, 2.24) is 4.31 Å². The molecule has 8 nitrogen and oxygen atoms in total. The van der Waals surface area contributed by atoms with Gasteiger partial charge >= 0.3 is 10.2 Å². The highest BCUT2D eigenvalue weighted by atomic mass is 32.2. The number of methoxy groups -OCH3 is 1. The van der Waals surface area contributed by atoms with Crippen LogP contribution in [0.4, 0.5) is 5.69 Å². The summed E-state index contributed by atoms with van der Waals surface area (Å²) in [7, 11) is -6.31. The van der Waals surface area contributed by atoms with Crippen molar-refractivity contribution in [2.45, 2.75) is 17.7 Å². The molecule has 0 radical (unpaired) electrons. The maximum absolute atomic E-state index is 12.2. The molecule has 10 heteroatoms. The van der Waals surface area contributed by atoms with Crippen molar-refractivity contribution in [3.8, 4) is 5.75 Å². The molecule has 1 heterocycles. The predicted octanol–water partition coefficient (Wildman–Crippen LogP) is 0.0951. The fourth-order valence-corrected chi connectivity index (χ4v) is 3.92. The molecule has 3 N–H and O–H groups in total. The molecule has 1 aromatic carbocycles. The van der Waals surface area contributed by atoms with Crippen molar-refractivity contribution in [1.29, 1.82) is 0 Å². The van der Waals surface area contributed by atoms with E-state index in [1.807, 2.05) is 0 Å². The van der Waals surface area contributed by atoms with Crippen LogP contribution in [0.1, 0.15) is 12.8 Å². The Balaban J connectivity index is 2.38. The number of benzene rings is 1. The van der Waals surface area contributed by atoms with Crippen molar-refractivity contribution in [3.63, 3.8) is 0 Å². The van der Waals surface area contributed by atoms with E-state index in [9.17, 15) is 16.8 Å². The number of nitrogens with one attached hydrogen (secondary N) is 1. The Hall–Kier alpha value is -1.36. The van der Waals surface area contributed by atoms with Crippen LogP contribution < -0.4 is 14.6 Å². The van der Waals surface area contributed by atoms with Crippen LogP contribution >= 0.6 is 0 Å². The molecule has 0 unspecified atom stereocenters. The zero-order chi connectivity index (χ0) is 15.7. The largest absolute Gasteiger partial charge is 0.495 e. The lowest BCUT2D eigenvalue weighted by atomic mass is 10.3. The van der Waals surface area contributed by atoms with Gasteiger partial charge in [0.05, 0.1) is 17.7 Å². The fourth-order valence-electron chi connectivity index (χ4n) is 2.08. The Kier molecular flexibility index (Phi) is 4.42. The maximum atomic E-state index is 12.2. The Morgan fingerprint density at radius 2 is 1.81 bits per heavy atom. The zero-order valence-electron chi connectivity index (χ0n) is 11.4.